The largest absolute Gasteiger partial charge is 0.481 e. The summed E-state index contributed by atoms with van der Waals surface area (Å²) in [5.41, 5.74) is 1.10. The molecule has 122 valence electrons. The van der Waals surface area contributed by atoms with Gasteiger partial charge in [0.25, 0.3) is 5.91 Å². The Kier molecular flexibility index (Phi) is 6.05. The maximum Gasteiger partial charge on any atom is 0.263 e. The Morgan fingerprint density at radius 3 is 2.22 bits per heavy atom. The van der Waals surface area contributed by atoms with Gasteiger partial charge >= 0.3 is 0 Å². The van der Waals surface area contributed by atoms with Crippen LogP contribution in [0.2, 0.25) is 5.02 Å². The van der Waals surface area contributed by atoms with Crippen LogP contribution in [0.15, 0.2) is 54.6 Å². The molecular weight excluding hydrogens is 310 g/mol. The third-order valence-electron chi connectivity index (χ3n) is 3.58. The van der Waals surface area contributed by atoms with Crippen molar-refractivity contribution >= 4 is 17.5 Å². The van der Waals surface area contributed by atoms with Crippen LogP contribution in [0, 0.1) is 0 Å². The van der Waals surface area contributed by atoms with Gasteiger partial charge in [0, 0.05) is 17.6 Å². The second-order valence-corrected chi connectivity index (χ2v) is 6.20. The summed E-state index contributed by atoms with van der Waals surface area (Å²) in [6.45, 7) is 6.37. The molecule has 1 atom stereocenters. The number of rotatable bonds is 6. The van der Waals surface area contributed by atoms with Gasteiger partial charge in [-0.3, -0.25) is 4.79 Å². The second kappa shape index (κ2) is 8.02. The Labute approximate surface area is 142 Å². The number of nitrogens with zero attached hydrogens (tertiary/aromatic N) is 1. The minimum Gasteiger partial charge on any atom is -0.481 e. The molecule has 0 saturated carbocycles. The number of hydrogen-bond donors (Lipinski definition) is 0. The van der Waals surface area contributed by atoms with Crippen molar-refractivity contribution in [2.45, 2.75) is 39.5 Å². The van der Waals surface area contributed by atoms with Crippen molar-refractivity contribution < 1.29 is 9.53 Å². The molecule has 2 rings (SSSR count). The van der Waals surface area contributed by atoms with Crippen LogP contribution in [0.1, 0.15) is 26.3 Å². The smallest absolute Gasteiger partial charge is 0.263 e. The lowest BCUT2D eigenvalue weighted by Gasteiger charge is -2.29. The molecule has 2 aromatic carbocycles. The minimum absolute atomic E-state index is 0.0289. The summed E-state index contributed by atoms with van der Waals surface area (Å²) >= 11 is 5.86. The van der Waals surface area contributed by atoms with Crippen LogP contribution in [0.3, 0.4) is 0 Å². The van der Waals surface area contributed by atoms with Crippen LogP contribution in [-0.4, -0.2) is 23.0 Å². The van der Waals surface area contributed by atoms with Crippen LogP contribution in [0.4, 0.5) is 0 Å². The number of amides is 1. The quantitative estimate of drug-likeness (QED) is 0.777. The van der Waals surface area contributed by atoms with E-state index in [0.717, 1.165) is 5.56 Å². The fraction of sp³-hybridized carbons (Fsp3) is 0.316. The lowest BCUT2D eigenvalue weighted by atomic mass is 10.1. The van der Waals surface area contributed by atoms with Gasteiger partial charge in [0.15, 0.2) is 6.10 Å². The standard InChI is InChI=1S/C19H22ClNO2/c1-14(2)21(13-16-7-5-4-6-8-16)19(22)15(3)23-18-11-9-17(20)10-12-18/h4-12,14-15H,13H2,1-3H3. The number of benzene rings is 2. The summed E-state index contributed by atoms with van der Waals surface area (Å²) in [5.74, 6) is 0.609. The highest BCUT2D eigenvalue weighted by atomic mass is 35.5. The zero-order valence-electron chi connectivity index (χ0n) is 13.7. The first-order valence-electron chi connectivity index (χ1n) is 7.74. The highest BCUT2D eigenvalue weighted by Gasteiger charge is 2.24. The molecule has 0 saturated heterocycles. The monoisotopic (exact) mass is 331 g/mol. The first kappa shape index (κ1) is 17.4. The minimum atomic E-state index is -0.553. The van der Waals surface area contributed by atoms with Gasteiger partial charge in [-0.05, 0) is 50.6 Å². The van der Waals surface area contributed by atoms with Crippen LogP contribution < -0.4 is 4.74 Å². The van der Waals surface area contributed by atoms with Gasteiger partial charge in [-0.15, -0.1) is 0 Å². The lowest BCUT2D eigenvalue weighted by molar-refractivity contribution is -0.140. The third kappa shape index (κ3) is 5.00. The Balaban J connectivity index is 2.06. The Morgan fingerprint density at radius 2 is 1.65 bits per heavy atom. The molecule has 0 aliphatic carbocycles. The summed E-state index contributed by atoms with van der Waals surface area (Å²) in [7, 11) is 0. The third-order valence-corrected chi connectivity index (χ3v) is 3.83. The van der Waals surface area contributed by atoms with Crippen molar-refractivity contribution in [3.63, 3.8) is 0 Å². The lowest BCUT2D eigenvalue weighted by Crippen LogP contribution is -2.43. The average Bonchev–Trinajstić information content (AvgIpc) is 2.55. The van der Waals surface area contributed by atoms with E-state index in [-0.39, 0.29) is 11.9 Å². The molecular formula is C19H22ClNO2. The topological polar surface area (TPSA) is 29.5 Å². The van der Waals surface area contributed by atoms with Crippen molar-refractivity contribution in [2.75, 3.05) is 0 Å². The normalized spacial score (nSPS) is 12.0. The Bertz CT molecular complexity index is 626. The van der Waals surface area contributed by atoms with Crippen molar-refractivity contribution in [3.05, 3.63) is 65.2 Å². The van der Waals surface area contributed by atoms with E-state index in [1.54, 1.807) is 31.2 Å². The molecule has 23 heavy (non-hydrogen) atoms. The summed E-state index contributed by atoms with van der Waals surface area (Å²) < 4.78 is 5.75. The van der Waals surface area contributed by atoms with Crippen molar-refractivity contribution in [1.29, 1.82) is 0 Å². The maximum atomic E-state index is 12.7. The first-order chi connectivity index (χ1) is 11.0. The molecule has 0 fully saturated rings. The van der Waals surface area contributed by atoms with Gasteiger partial charge in [-0.25, -0.2) is 0 Å². The van der Waals surface area contributed by atoms with E-state index < -0.39 is 6.10 Å². The summed E-state index contributed by atoms with van der Waals surface area (Å²) in [6, 6.07) is 17.1. The van der Waals surface area contributed by atoms with Crippen LogP contribution in [-0.2, 0) is 11.3 Å². The van der Waals surface area contributed by atoms with E-state index in [2.05, 4.69) is 0 Å². The van der Waals surface area contributed by atoms with E-state index in [0.29, 0.717) is 17.3 Å². The van der Waals surface area contributed by atoms with Crippen molar-refractivity contribution in [1.82, 2.24) is 4.90 Å². The summed E-state index contributed by atoms with van der Waals surface area (Å²) in [4.78, 5) is 14.6. The summed E-state index contributed by atoms with van der Waals surface area (Å²) in [6.07, 6.45) is -0.553. The molecule has 0 aliphatic rings. The summed E-state index contributed by atoms with van der Waals surface area (Å²) in [5, 5.41) is 0.643. The van der Waals surface area contributed by atoms with Crippen molar-refractivity contribution in [2.24, 2.45) is 0 Å². The van der Waals surface area contributed by atoms with Crippen LogP contribution >= 0.6 is 11.6 Å². The maximum absolute atomic E-state index is 12.7. The molecule has 2 aromatic rings. The number of hydrogen-bond acceptors (Lipinski definition) is 2. The molecule has 4 heteroatoms. The molecule has 0 bridgehead atoms. The molecule has 0 N–H and O–H groups in total. The van der Waals surface area contributed by atoms with Gasteiger partial charge in [-0.1, -0.05) is 41.9 Å². The fourth-order valence-corrected chi connectivity index (χ4v) is 2.42. The van der Waals surface area contributed by atoms with E-state index in [1.807, 2.05) is 49.1 Å². The highest BCUT2D eigenvalue weighted by Crippen LogP contribution is 2.18. The van der Waals surface area contributed by atoms with E-state index in [1.165, 1.54) is 0 Å². The number of carbonyl (C=O) groups excluding carboxylic acids is 1. The fourth-order valence-electron chi connectivity index (χ4n) is 2.30. The molecule has 0 aromatic heterocycles. The van der Waals surface area contributed by atoms with E-state index in [9.17, 15) is 4.79 Å². The van der Waals surface area contributed by atoms with Gasteiger partial charge in [0.2, 0.25) is 0 Å². The molecule has 3 nitrogen and oxygen atoms in total. The number of carbonyl (C=O) groups is 1. The molecule has 0 heterocycles. The van der Waals surface area contributed by atoms with Gasteiger partial charge < -0.3 is 9.64 Å². The van der Waals surface area contributed by atoms with Crippen molar-refractivity contribution in [3.8, 4) is 5.75 Å². The second-order valence-electron chi connectivity index (χ2n) is 5.76. The predicted molar refractivity (Wildman–Crippen MR) is 93.7 cm³/mol. The SMILES string of the molecule is CC(Oc1ccc(Cl)cc1)C(=O)N(Cc1ccccc1)C(C)C. The Morgan fingerprint density at radius 1 is 1.04 bits per heavy atom. The van der Waals surface area contributed by atoms with Crippen LogP contribution in [0.5, 0.6) is 5.75 Å². The number of ether oxygens (including phenoxy) is 1. The van der Waals surface area contributed by atoms with Gasteiger partial charge in [-0.2, -0.15) is 0 Å². The molecule has 0 spiro atoms. The average molecular weight is 332 g/mol. The Hall–Kier alpha value is -2.00. The molecule has 1 amide bonds. The first-order valence-corrected chi connectivity index (χ1v) is 8.12. The zero-order valence-corrected chi connectivity index (χ0v) is 14.5. The van der Waals surface area contributed by atoms with Gasteiger partial charge in [0.05, 0.1) is 0 Å². The molecule has 1 unspecified atom stereocenters. The highest BCUT2D eigenvalue weighted by molar-refractivity contribution is 6.30. The van der Waals surface area contributed by atoms with Crippen LogP contribution in [0.25, 0.3) is 0 Å². The zero-order chi connectivity index (χ0) is 16.8. The van der Waals surface area contributed by atoms with E-state index in [4.69, 9.17) is 16.3 Å². The molecule has 0 radical (unpaired) electrons. The predicted octanol–water partition coefficient (Wildman–Crippen LogP) is 4.54. The van der Waals surface area contributed by atoms with E-state index >= 15 is 0 Å². The molecule has 0 aliphatic heterocycles. The van der Waals surface area contributed by atoms with Gasteiger partial charge in [0.1, 0.15) is 5.75 Å². The number of halogens is 1.